The quantitative estimate of drug-likeness (QED) is 0.809. The highest BCUT2D eigenvalue weighted by atomic mass is 19.1. The molecule has 0 radical (unpaired) electrons. The molecule has 1 amide bonds. The summed E-state index contributed by atoms with van der Waals surface area (Å²) in [6.45, 7) is 3.27. The van der Waals surface area contributed by atoms with Crippen LogP contribution in [0.5, 0.6) is 0 Å². The number of amides is 1. The van der Waals surface area contributed by atoms with E-state index < -0.39 is 5.95 Å². The second-order valence-electron chi connectivity index (χ2n) is 4.18. The van der Waals surface area contributed by atoms with Crippen molar-refractivity contribution in [3.8, 4) is 0 Å². The summed E-state index contributed by atoms with van der Waals surface area (Å²) >= 11 is 0. The van der Waals surface area contributed by atoms with Gasteiger partial charge in [-0.1, -0.05) is 6.07 Å². The molecule has 4 nitrogen and oxygen atoms in total. The molecule has 2 heterocycles. The van der Waals surface area contributed by atoms with E-state index in [-0.39, 0.29) is 17.7 Å². The topological polar surface area (TPSA) is 51.2 Å². The first-order valence-corrected chi connectivity index (χ1v) is 5.69. The Morgan fingerprint density at radius 1 is 1.65 bits per heavy atom. The lowest BCUT2D eigenvalue weighted by Gasteiger charge is -2.14. The Labute approximate surface area is 99.2 Å². The number of ether oxygens (including phenoxy) is 1. The Morgan fingerprint density at radius 2 is 2.47 bits per heavy atom. The molecule has 1 aromatic rings. The van der Waals surface area contributed by atoms with Gasteiger partial charge in [-0.15, -0.1) is 0 Å². The largest absolute Gasteiger partial charge is 0.378 e. The fourth-order valence-corrected chi connectivity index (χ4v) is 1.89. The average molecular weight is 238 g/mol. The van der Waals surface area contributed by atoms with Crippen LogP contribution in [0.15, 0.2) is 18.2 Å². The predicted molar refractivity (Wildman–Crippen MR) is 60.0 cm³/mol. The zero-order valence-corrected chi connectivity index (χ0v) is 9.65. The van der Waals surface area contributed by atoms with E-state index >= 15 is 0 Å². The number of nitrogens with zero attached hydrogens (tertiary/aromatic N) is 1. The SMILES string of the molecule is CC1OCCC1CNC(=O)c1cccc(F)n1. The van der Waals surface area contributed by atoms with E-state index in [2.05, 4.69) is 10.3 Å². The van der Waals surface area contributed by atoms with Gasteiger partial charge in [0.2, 0.25) is 5.95 Å². The number of nitrogens with one attached hydrogen (secondary N) is 1. The van der Waals surface area contributed by atoms with Gasteiger partial charge in [0.05, 0.1) is 6.10 Å². The molecule has 5 heteroatoms. The van der Waals surface area contributed by atoms with Crippen molar-refractivity contribution in [2.24, 2.45) is 5.92 Å². The number of halogens is 1. The number of hydrogen-bond donors (Lipinski definition) is 1. The molecule has 1 aliphatic heterocycles. The van der Waals surface area contributed by atoms with E-state index in [9.17, 15) is 9.18 Å². The molecule has 0 saturated carbocycles. The van der Waals surface area contributed by atoms with Crippen LogP contribution >= 0.6 is 0 Å². The van der Waals surface area contributed by atoms with Crippen molar-refractivity contribution in [1.82, 2.24) is 10.3 Å². The molecule has 1 aromatic heterocycles. The van der Waals surface area contributed by atoms with Crippen LogP contribution in [-0.2, 0) is 4.74 Å². The highest BCUT2D eigenvalue weighted by Crippen LogP contribution is 2.19. The van der Waals surface area contributed by atoms with Gasteiger partial charge in [0.15, 0.2) is 0 Å². The molecule has 17 heavy (non-hydrogen) atoms. The standard InChI is InChI=1S/C12H15FN2O2/c1-8-9(5-6-17-8)7-14-12(16)10-3-2-4-11(13)15-10/h2-4,8-9H,5-7H2,1H3,(H,14,16). The zero-order chi connectivity index (χ0) is 12.3. The van der Waals surface area contributed by atoms with Crippen LogP contribution in [0.1, 0.15) is 23.8 Å². The molecule has 0 bridgehead atoms. The molecule has 0 spiro atoms. The number of pyridine rings is 1. The van der Waals surface area contributed by atoms with Crippen molar-refractivity contribution in [2.45, 2.75) is 19.4 Å². The van der Waals surface area contributed by atoms with Gasteiger partial charge in [-0.05, 0) is 25.5 Å². The monoisotopic (exact) mass is 238 g/mol. The van der Waals surface area contributed by atoms with Crippen LogP contribution in [0.3, 0.4) is 0 Å². The first-order chi connectivity index (χ1) is 8.16. The van der Waals surface area contributed by atoms with Crippen molar-refractivity contribution < 1.29 is 13.9 Å². The van der Waals surface area contributed by atoms with Crippen molar-refractivity contribution in [1.29, 1.82) is 0 Å². The van der Waals surface area contributed by atoms with Crippen molar-refractivity contribution in [3.05, 3.63) is 29.8 Å². The third-order valence-electron chi connectivity index (χ3n) is 3.01. The first-order valence-electron chi connectivity index (χ1n) is 5.69. The van der Waals surface area contributed by atoms with Crippen LogP contribution in [0.25, 0.3) is 0 Å². The first kappa shape index (κ1) is 12.0. The molecule has 1 saturated heterocycles. The molecule has 92 valence electrons. The van der Waals surface area contributed by atoms with Gasteiger partial charge >= 0.3 is 0 Å². The molecule has 1 N–H and O–H groups in total. The molecule has 1 aliphatic rings. The van der Waals surface area contributed by atoms with Gasteiger partial charge in [-0.3, -0.25) is 4.79 Å². The zero-order valence-electron chi connectivity index (χ0n) is 9.65. The van der Waals surface area contributed by atoms with Crippen molar-refractivity contribution in [3.63, 3.8) is 0 Å². The molecule has 0 aliphatic carbocycles. The third-order valence-corrected chi connectivity index (χ3v) is 3.01. The van der Waals surface area contributed by atoms with E-state index in [1.807, 2.05) is 6.92 Å². The lowest BCUT2D eigenvalue weighted by Crippen LogP contribution is -2.32. The Morgan fingerprint density at radius 3 is 3.12 bits per heavy atom. The summed E-state index contributed by atoms with van der Waals surface area (Å²) in [6.07, 6.45) is 1.11. The normalized spacial score (nSPS) is 23.6. The Kier molecular flexibility index (Phi) is 3.68. The molecule has 0 aromatic carbocycles. The van der Waals surface area contributed by atoms with Gasteiger partial charge in [0.1, 0.15) is 5.69 Å². The maximum atomic E-state index is 12.8. The number of carbonyl (C=O) groups is 1. The van der Waals surface area contributed by atoms with Crippen LogP contribution < -0.4 is 5.32 Å². The number of aromatic nitrogens is 1. The summed E-state index contributed by atoms with van der Waals surface area (Å²) < 4.78 is 18.2. The summed E-state index contributed by atoms with van der Waals surface area (Å²) in [6, 6.07) is 4.18. The van der Waals surface area contributed by atoms with E-state index in [1.54, 1.807) is 0 Å². The smallest absolute Gasteiger partial charge is 0.270 e. The Balaban J connectivity index is 1.89. The van der Waals surface area contributed by atoms with E-state index in [1.165, 1.54) is 18.2 Å². The van der Waals surface area contributed by atoms with Gasteiger partial charge in [0.25, 0.3) is 5.91 Å². The van der Waals surface area contributed by atoms with Crippen molar-refractivity contribution in [2.75, 3.05) is 13.2 Å². The number of hydrogen-bond acceptors (Lipinski definition) is 3. The van der Waals surface area contributed by atoms with Crippen LogP contribution in [-0.4, -0.2) is 30.1 Å². The fraction of sp³-hybridized carbons (Fsp3) is 0.500. The van der Waals surface area contributed by atoms with Crippen LogP contribution in [0.4, 0.5) is 4.39 Å². The maximum absolute atomic E-state index is 12.8. The minimum absolute atomic E-state index is 0.108. The van der Waals surface area contributed by atoms with Crippen molar-refractivity contribution >= 4 is 5.91 Å². The highest BCUT2D eigenvalue weighted by Gasteiger charge is 2.24. The summed E-state index contributed by atoms with van der Waals surface area (Å²) in [4.78, 5) is 15.2. The molecule has 1 fully saturated rings. The lowest BCUT2D eigenvalue weighted by atomic mass is 10.0. The number of carbonyl (C=O) groups excluding carboxylic acids is 1. The highest BCUT2D eigenvalue weighted by molar-refractivity contribution is 5.92. The average Bonchev–Trinajstić information content (AvgIpc) is 2.72. The van der Waals surface area contributed by atoms with Gasteiger partial charge < -0.3 is 10.1 Å². The van der Waals surface area contributed by atoms with Gasteiger partial charge in [0, 0.05) is 19.1 Å². The summed E-state index contributed by atoms with van der Waals surface area (Å²) in [5, 5.41) is 2.75. The van der Waals surface area contributed by atoms with E-state index in [0.29, 0.717) is 12.5 Å². The molecular formula is C12H15FN2O2. The number of rotatable bonds is 3. The minimum Gasteiger partial charge on any atom is -0.378 e. The Bertz CT molecular complexity index is 411. The maximum Gasteiger partial charge on any atom is 0.270 e. The summed E-state index contributed by atoms with van der Waals surface area (Å²) in [5.41, 5.74) is 0.108. The fourth-order valence-electron chi connectivity index (χ4n) is 1.89. The summed E-state index contributed by atoms with van der Waals surface area (Å²) in [5.74, 6) is -0.661. The van der Waals surface area contributed by atoms with Gasteiger partial charge in [-0.2, -0.15) is 4.39 Å². The van der Waals surface area contributed by atoms with E-state index in [4.69, 9.17) is 4.74 Å². The third kappa shape index (κ3) is 3.00. The molecular weight excluding hydrogens is 223 g/mol. The summed E-state index contributed by atoms with van der Waals surface area (Å²) in [7, 11) is 0. The second-order valence-corrected chi connectivity index (χ2v) is 4.18. The van der Waals surface area contributed by atoms with E-state index in [0.717, 1.165) is 13.0 Å². The van der Waals surface area contributed by atoms with Gasteiger partial charge in [-0.25, -0.2) is 4.98 Å². The molecule has 2 rings (SSSR count). The minimum atomic E-state index is -0.643. The predicted octanol–water partition coefficient (Wildman–Crippen LogP) is 1.38. The second kappa shape index (κ2) is 5.23. The molecule has 2 unspecified atom stereocenters. The Hall–Kier alpha value is -1.49. The van der Waals surface area contributed by atoms with Crippen LogP contribution in [0, 0.1) is 11.9 Å². The lowest BCUT2D eigenvalue weighted by molar-refractivity contribution is 0.0902. The molecule has 2 atom stereocenters. The van der Waals surface area contributed by atoms with Crippen LogP contribution in [0.2, 0.25) is 0 Å².